The van der Waals surface area contributed by atoms with Crippen LogP contribution in [0.15, 0.2) is 182 Å². The highest BCUT2D eigenvalue weighted by Gasteiger charge is 2.16. The monoisotopic (exact) mass is 930 g/mol. The van der Waals surface area contributed by atoms with Crippen LogP contribution in [0.3, 0.4) is 0 Å². The minimum absolute atomic E-state index is 0.453. The number of rotatable bonds is 14. The molecule has 0 radical (unpaired) electrons. The molecular formula is C58H46N6O3Si2. The molecule has 0 spiro atoms. The molecule has 3 heterocycles. The average molecular weight is 931 g/mol. The molecule has 0 saturated heterocycles. The standard InChI is InChI=1S/C58H46N6O3Si2/c1-7-41-9-21-47(22-10-41)53-59-61-55(65-53)49-25-13-43(14-26-49)33-37-68(3,4)39-35-45-17-29-51(30-18-45)57-63-64-58(67-57)52-31-19-46(20-32-52)36-40-69(5,6)38-34-44-15-27-50(28-16-44)56-62-60-54(66-56)48-23-11-42(8-2)12-24-48/h1-2,9-40H,3-6H3/b37-33+,38-34+,39-35+,40-36+. The van der Waals surface area contributed by atoms with Crippen molar-refractivity contribution in [3.8, 4) is 93.4 Å². The van der Waals surface area contributed by atoms with Crippen molar-refractivity contribution in [2.24, 2.45) is 0 Å². The summed E-state index contributed by atoms with van der Waals surface area (Å²) < 4.78 is 18.0. The fourth-order valence-corrected chi connectivity index (χ4v) is 9.80. The second kappa shape index (κ2) is 20.0. The van der Waals surface area contributed by atoms with Crippen LogP contribution in [0.1, 0.15) is 33.4 Å². The van der Waals surface area contributed by atoms with Gasteiger partial charge in [0.1, 0.15) is 0 Å². The van der Waals surface area contributed by atoms with Crippen LogP contribution >= 0.6 is 0 Å². The highest BCUT2D eigenvalue weighted by atomic mass is 28.3. The molecule has 0 saturated carbocycles. The predicted octanol–water partition coefficient (Wildman–Crippen LogP) is 13.8. The van der Waals surface area contributed by atoms with Crippen LogP contribution in [0.5, 0.6) is 0 Å². The Morgan fingerprint density at radius 2 is 0.507 bits per heavy atom. The summed E-state index contributed by atoms with van der Waals surface area (Å²) >= 11 is 0. The first-order valence-electron chi connectivity index (χ1n) is 22.3. The lowest BCUT2D eigenvalue weighted by Gasteiger charge is -2.12. The maximum Gasteiger partial charge on any atom is 0.248 e. The van der Waals surface area contributed by atoms with E-state index in [4.69, 9.17) is 26.1 Å². The summed E-state index contributed by atoms with van der Waals surface area (Å²) in [4.78, 5) is 0. The molecule has 0 aliphatic carbocycles. The summed E-state index contributed by atoms with van der Waals surface area (Å²) in [5.41, 5.74) is 20.4. The number of aromatic nitrogens is 6. The van der Waals surface area contributed by atoms with Crippen molar-refractivity contribution in [2.45, 2.75) is 26.2 Å². The van der Waals surface area contributed by atoms with Crippen molar-refractivity contribution >= 4 is 40.5 Å². The van der Waals surface area contributed by atoms with Gasteiger partial charge in [-0.25, -0.2) is 0 Å². The highest BCUT2D eigenvalue weighted by Crippen LogP contribution is 2.29. The molecule has 11 heteroatoms. The first-order valence-corrected chi connectivity index (χ1v) is 28.6. The zero-order valence-corrected chi connectivity index (χ0v) is 40.5. The van der Waals surface area contributed by atoms with Crippen molar-refractivity contribution < 1.29 is 13.3 Å². The van der Waals surface area contributed by atoms with E-state index in [0.717, 1.165) is 66.8 Å². The van der Waals surface area contributed by atoms with Crippen molar-refractivity contribution in [2.75, 3.05) is 0 Å². The van der Waals surface area contributed by atoms with Gasteiger partial charge in [0.05, 0.1) is 16.1 Å². The molecule has 9 aromatic rings. The van der Waals surface area contributed by atoms with E-state index in [-0.39, 0.29) is 0 Å². The number of hydrogen-bond acceptors (Lipinski definition) is 9. The summed E-state index contributed by atoms with van der Waals surface area (Å²) in [5, 5.41) is 25.7. The lowest BCUT2D eigenvalue weighted by molar-refractivity contribution is 0.584. The lowest BCUT2D eigenvalue weighted by Crippen LogP contribution is -2.18. The summed E-state index contributed by atoms with van der Waals surface area (Å²) in [6, 6.07) is 47.5. The maximum atomic E-state index is 6.13. The predicted molar refractivity (Wildman–Crippen MR) is 282 cm³/mol. The average Bonchev–Trinajstić information content (AvgIpc) is 4.21. The molecule has 3 aromatic heterocycles. The van der Waals surface area contributed by atoms with Crippen molar-refractivity contribution in [1.82, 2.24) is 30.6 Å². The van der Waals surface area contributed by atoms with Gasteiger partial charge in [-0.15, -0.1) is 43.4 Å². The molecule has 9 rings (SSSR count). The molecule has 0 aliphatic rings. The van der Waals surface area contributed by atoms with Crippen LogP contribution in [0.25, 0.3) is 93.0 Å². The molecule has 0 unspecified atom stereocenters. The van der Waals surface area contributed by atoms with Crippen LogP contribution in [-0.4, -0.2) is 46.7 Å². The topological polar surface area (TPSA) is 117 Å². The second-order valence-electron chi connectivity index (χ2n) is 17.6. The number of benzene rings is 6. The quantitative estimate of drug-likeness (QED) is 0.0776. The zero-order valence-electron chi connectivity index (χ0n) is 38.5. The molecule has 334 valence electrons. The van der Waals surface area contributed by atoms with Gasteiger partial charge < -0.3 is 13.3 Å². The maximum absolute atomic E-state index is 6.13. The lowest BCUT2D eigenvalue weighted by atomic mass is 10.1. The van der Waals surface area contributed by atoms with Gasteiger partial charge in [0.25, 0.3) is 0 Å². The normalized spacial score (nSPS) is 12.1. The SMILES string of the molecule is C#Cc1ccc(-c2nnc(-c3ccc(/C=C/[Si](C)(C)/C=C/c4ccc(-c5nnc(-c6ccc(/C=C/[Si](C)(C)/C=C/c7ccc(-c8nnc(-c9ccc(C#C)cc9)o8)cc7)cc6)o5)cc4)cc3)o2)cc1. The molecule has 0 N–H and O–H groups in total. The van der Waals surface area contributed by atoms with Crippen molar-refractivity contribution in [3.63, 3.8) is 0 Å². The summed E-state index contributed by atoms with van der Waals surface area (Å²) in [6.07, 6.45) is 19.7. The summed E-state index contributed by atoms with van der Waals surface area (Å²) in [6.45, 7) is 9.24. The van der Waals surface area contributed by atoms with E-state index in [1.807, 2.05) is 97.1 Å². The Morgan fingerprint density at radius 3 is 0.696 bits per heavy atom. The van der Waals surface area contributed by atoms with E-state index >= 15 is 0 Å². The zero-order chi connectivity index (χ0) is 47.8. The van der Waals surface area contributed by atoms with Gasteiger partial charge in [-0.1, -0.05) is 134 Å². The van der Waals surface area contributed by atoms with Gasteiger partial charge in [0.15, 0.2) is 0 Å². The van der Waals surface area contributed by atoms with Gasteiger partial charge in [0, 0.05) is 44.5 Å². The molecule has 0 atom stereocenters. The van der Waals surface area contributed by atoms with Gasteiger partial charge in [-0.05, 0) is 119 Å². The van der Waals surface area contributed by atoms with Crippen molar-refractivity contribution in [3.05, 3.63) is 202 Å². The van der Waals surface area contributed by atoms with Crippen LogP contribution in [0, 0.1) is 24.7 Å². The van der Waals surface area contributed by atoms with Crippen LogP contribution in [-0.2, 0) is 0 Å². The van der Waals surface area contributed by atoms with E-state index < -0.39 is 16.1 Å². The molecule has 0 fully saturated rings. The molecule has 0 amide bonds. The van der Waals surface area contributed by atoms with Gasteiger partial charge >= 0.3 is 0 Å². The van der Waals surface area contributed by atoms with Crippen molar-refractivity contribution in [1.29, 1.82) is 0 Å². The Kier molecular flexibility index (Phi) is 13.2. The molecular weight excluding hydrogens is 885 g/mol. The Balaban J connectivity index is 0.756. The van der Waals surface area contributed by atoms with Crippen LogP contribution in [0.2, 0.25) is 26.2 Å². The number of terminal acetylenes is 2. The smallest absolute Gasteiger partial charge is 0.248 e. The fraction of sp³-hybridized carbons (Fsp3) is 0.0690. The minimum Gasteiger partial charge on any atom is -0.416 e. The molecule has 0 aliphatic heterocycles. The first kappa shape index (κ1) is 45.4. The van der Waals surface area contributed by atoms with E-state index in [2.05, 4.69) is 164 Å². The van der Waals surface area contributed by atoms with Gasteiger partial charge in [-0.3, -0.25) is 0 Å². The number of hydrogen-bond donors (Lipinski definition) is 0. The molecule has 9 nitrogen and oxygen atoms in total. The van der Waals surface area contributed by atoms with E-state index in [0.29, 0.717) is 35.3 Å². The summed E-state index contributed by atoms with van der Waals surface area (Å²) in [5.74, 6) is 8.03. The first-order chi connectivity index (χ1) is 33.5. The fourth-order valence-electron chi connectivity index (χ4n) is 7.09. The van der Waals surface area contributed by atoms with Gasteiger partial charge in [-0.2, -0.15) is 0 Å². The van der Waals surface area contributed by atoms with E-state index in [1.54, 1.807) is 0 Å². The van der Waals surface area contributed by atoms with Gasteiger partial charge in [0.2, 0.25) is 35.3 Å². The van der Waals surface area contributed by atoms with E-state index in [1.165, 1.54) is 0 Å². The third-order valence-corrected chi connectivity index (χ3v) is 15.4. The Hall–Kier alpha value is -8.75. The van der Waals surface area contributed by atoms with E-state index in [9.17, 15) is 0 Å². The Morgan fingerprint density at radius 1 is 0.319 bits per heavy atom. The molecule has 6 aromatic carbocycles. The largest absolute Gasteiger partial charge is 0.416 e. The number of nitrogens with zero attached hydrogens (tertiary/aromatic N) is 6. The Bertz CT molecular complexity index is 3190. The highest BCUT2D eigenvalue weighted by molar-refractivity contribution is 6.88. The second-order valence-corrected chi connectivity index (χ2v) is 26.3. The molecule has 0 bridgehead atoms. The third kappa shape index (κ3) is 11.4. The summed E-state index contributed by atoms with van der Waals surface area (Å²) in [7, 11) is -3.65. The van der Waals surface area contributed by atoms with Crippen LogP contribution in [0.4, 0.5) is 0 Å². The minimum atomic E-state index is -1.82. The molecule has 69 heavy (non-hydrogen) atoms. The third-order valence-electron chi connectivity index (χ3n) is 11.3. The van der Waals surface area contributed by atoms with Crippen LogP contribution < -0.4 is 0 Å². The Labute approximate surface area is 403 Å².